The highest BCUT2D eigenvalue weighted by Crippen LogP contribution is 2.38. The van der Waals surface area contributed by atoms with E-state index >= 15 is 0 Å². The molecule has 0 bridgehead atoms. The highest BCUT2D eigenvalue weighted by Gasteiger charge is 2.35. The Balaban J connectivity index is 2.14. The van der Waals surface area contributed by atoms with Gasteiger partial charge in [-0.1, -0.05) is 25.2 Å². The van der Waals surface area contributed by atoms with Gasteiger partial charge in [0, 0.05) is 6.61 Å². The van der Waals surface area contributed by atoms with Gasteiger partial charge in [0.05, 0.1) is 6.04 Å². The first kappa shape index (κ1) is 12.9. The summed E-state index contributed by atoms with van der Waals surface area (Å²) >= 11 is 1.69. The van der Waals surface area contributed by atoms with E-state index in [0.29, 0.717) is 6.04 Å². The third-order valence-electron chi connectivity index (χ3n) is 3.27. The molecule has 4 nitrogen and oxygen atoms in total. The molecule has 0 amide bonds. The zero-order valence-corrected chi connectivity index (χ0v) is 11.6. The Morgan fingerprint density at radius 3 is 2.88 bits per heavy atom. The molecule has 0 aliphatic carbocycles. The van der Waals surface area contributed by atoms with Gasteiger partial charge in [0.15, 0.2) is 0 Å². The third kappa shape index (κ3) is 2.67. The molecule has 0 radical (unpaired) electrons. The first-order chi connectivity index (χ1) is 8.19. The van der Waals surface area contributed by atoms with Crippen molar-refractivity contribution in [2.75, 3.05) is 13.2 Å². The van der Waals surface area contributed by atoms with E-state index in [2.05, 4.69) is 36.3 Å². The SMILES string of the molecule is CCNC(CC)c1nnc(C2(C)CCCO2)s1. The van der Waals surface area contributed by atoms with Crippen LogP contribution in [0.5, 0.6) is 0 Å². The van der Waals surface area contributed by atoms with E-state index in [1.54, 1.807) is 11.3 Å². The van der Waals surface area contributed by atoms with Gasteiger partial charge < -0.3 is 10.1 Å². The minimum atomic E-state index is -0.194. The Labute approximate surface area is 107 Å². The molecule has 0 spiro atoms. The molecular formula is C12H21N3OS. The number of nitrogens with zero attached hydrogens (tertiary/aromatic N) is 2. The summed E-state index contributed by atoms with van der Waals surface area (Å²) in [7, 11) is 0. The van der Waals surface area contributed by atoms with Crippen molar-refractivity contribution in [3.8, 4) is 0 Å². The lowest BCUT2D eigenvalue weighted by molar-refractivity contribution is 0.0161. The van der Waals surface area contributed by atoms with Crippen molar-refractivity contribution in [1.82, 2.24) is 15.5 Å². The molecule has 1 saturated heterocycles. The largest absolute Gasteiger partial charge is 0.368 e. The maximum Gasteiger partial charge on any atom is 0.149 e. The molecule has 0 aromatic carbocycles. The molecule has 1 N–H and O–H groups in total. The fourth-order valence-corrected chi connectivity index (χ4v) is 3.32. The predicted octanol–water partition coefficient (Wildman–Crippen LogP) is 2.62. The lowest BCUT2D eigenvalue weighted by Crippen LogP contribution is -2.20. The highest BCUT2D eigenvalue weighted by atomic mass is 32.1. The normalized spacial score (nSPS) is 26.3. The summed E-state index contributed by atoms with van der Waals surface area (Å²) in [5.41, 5.74) is -0.194. The smallest absolute Gasteiger partial charge is 0.149 e. The quantitative estimate of drug-likeness (QED) is 0.878. The van der Waals surface area contributed by atoms with Crippen molar-refractivity contribution in [2.24, 2.45) is 0 Å². The van der Waals surface area contributed by atoms with Crippen molar-refractivity contribution < 1.29 is 4.74 Å². The molecule has 1 aliphatic rings. The Morgan fingerprint density at radius 1 is 1.47 bits per heavy atom. The van der Waals surface area contributed by atoms with Crippen molar-refractivity contribution in [2.45, 2.75) is 51.7 Å². The maximum absolute atomic E-state index is 5.80. The molecule has 1 aromatic rings. The van der Waals surface area contributed by atoms with Crippen LogP contribution in [0.4, 0.5) is 0 Å². The lowest BCUT2D eigenvalue weighted by atomic mass is 10.0. The zero-order chi connectivity index (χ0) is 12.3. The second-order valence-electron chi connectivity index (χ2n) is 4.65. The van der Waals surface area contributed by atoms with Gasteiger partial charge in [-0.25, -0.2) is 0 Å². The molecule has 5 heteroatoms. The van der Waals surface area contributed by atoms with E-state index < -0.39 is 0 Å². The molecule has 1 aromatic heterocycles. The first-order valence-electron chi connectivity index (χ1n) is 6.41. The summed E-state index contributed by atoms with van der Waals surface area (Å²) < 4.78 is 5.80. The number of rotatable bonds is 5. The molecule has 0 saturated carbocycles. The summed E-state index contributed by atoms with van der Waals surface area (Å²) in [6.45, 7) is 8.21. The van der Waals surface area contributed by atoms with Crippen LogP contribution in [0.15, 0.2) is 0 Å². The summed E-state index contributed by atoms with van der Waals surface area (Å²) in [6, 6.07) is 0.330. The monoisotopic (exact) mass is 255 g/mol. The summed E-state index contributed by atoms with van der Waals surface area (Å²) in [5, 5.41) is 14.2. The molecule has 1 aliphatic heterocycles. The van der Waals surface area contributed by atoms with Gasteiger partial charge in [0.2, 0.25) is 0 Å². The number of aromatic nitrogens is 2. The summed E-state index contributed by atoms with van der Waals surface area (Å²) in [6.07, 6.45) is 3.22. The van der Waals surface area contributed by atoms with Gasteiger partial charge in [0.1, 0.15) is 15.6 Å². The maximum atomic E-state index is 5.80. The second-order valence-corrected chi connectivity index (χ2v) is 5.66. The topological polar surface area (TPSA) is 47.0 Å². The Bertz CT molecular complexity index is 360. The van der Waals surface area contributed by atoms with Crippen LogP contribution in [0, 0.1) is 0 Å². The standard InChI is InChI=1S/C12H21N3OS/c1-4-9(13-5-2)10-14-15-11(17-10)12(3)7-6-8-16-12/h9,13H,4-8H2,1-3H3. The van der Waals surface area contributed by atoms with Gasteiger partial charge in [-0.2, -0.15) is 0 Å². The van der Waals surface area contributed by atoms with E-state index in [9.17, 15) is 0 Å². The fraction of sp³-hybridized carbons (Fsp3) is 0.833. The van der Waals surface area contributed by atoms with Crippen molar-refractivity contribution in [3.05, 3.63) is 10.0 Å². The number of hydrogen-bond donors (Lipinski definition) is 1. The Morgan fingerprint density at radius 2 is 2.29 bits per heavy atom. The van der Waals surface area contributed by atoms with Gasteiger partial charge >= 0.3 is 0 Å². The Hall–Kier alpha value is -0.520. The van der Waals surface area contributed by atoms with Crippen LogP contribution in [0.2, 0.25) is 0 Å². The van der Waals surface area contributed by atoms with Crippen molar-refractivity contribution >= 4 is 11.3 Å². The summed E-state index contributed by atoms with van der Waals surface area (Å²) in [4.78, 5) is 0. The lowest BCUT2D eigenvalue weighted by Gasteiger charge is -2.19. The Kier molecular flexibility index (Phi) is 4.12. The molecule has 1 fully saturated rings. The van der Waals surface area contributed by atoms with E-state index in [0.717, 1.165) is 42.4 Å². The number of nitrogens with one attached hydrogen (secondary N) is 1. The van der Waals surface area contributed by atoms with E-state index in [-0.39, 0.29) is 5.60 Å². The van der Waals surface area contributed by atoms with E-state index in [1.165, 1.54) is 0 Å². The minimum absolute atomic E-state index is 0.194. The predicted molar refractivity (Wildman–Crippen MR) is 69.2 cm³/mol. The van der Waals surface area contributed by atoms with Crippen LogP contribution in [0.1, 0.15) is 56.1 Å². The van der Waals surface area contributed by atoms with Crippen LogP contribution in [-0.2, 0) is 10.3 Å². The van der Waals surface area contributed by atoms with Crippen LogP contribution in [0.25, 0.3) is 0 Å². The molecular weight excluding hydrogens is 234 g/mol. The van der Waals surface area contributed by atoms with Crippen LogP contribution in [-0.4, -0.2) is 23.3 Å². The molecule has 2 heterocycles. The van der Waals surface area contributed by atoms with E-state index in [1.807, 2.05) is 0 Å². The fourth-order valence-electron chi connectivity index (χ4n) is 2.19. The molecule has 2 rings (SSSR count). The minimum Gasteiger partial charge on any atom is -0.368 e. The molecule has 2 unspecified atom stereocenters. The van der Waals surface area contributed by atoms with Crippen molar-refractivity contribution in [1.29, 1.82) is 0 Å². The van der Waals surface area contributed by atoms with Crippen LogP contribution < -0.4 is 5.32 Å². The highest BCUT2D eigenvalue weighted by molar-refractivity contribution is 7.11. The molecule has 96 valence electrons. The van der Waals surface area contributed by atoms with Gasteiger partial charge in [0.25, 0.3) is 0 Å². The van der Waals surface area contributed by atoms with E-state index in [4.69, 9.17) is 4.74 Å². The third-order valence-corrected chi connectivity index (χ3v) is 4.55. The second kappa shape index (κ2) is 5.42. The molecule has 17 heavy (non-hydrogen) atoms. The number of ether oxygens (including phenoxy) is 1. The number of hydrogen-bond acceptors (Lipinski definition) is 5. The van der Waals surface area contributed by atoms with Gasteiger partial charge in [-0.3, -0.25) is 0 Å². The summed E-state index contributed by atoms with van der Waals surface area (Å²) in [5.74, 6) is 0. The van der Waals surface area contributed by atoms with Crippen LogP contribution >= 0.6 is 11.3 Å². The van der Waals surface area contributed by atoms with Crippen molar-refractivity contribution in [3.63, 3.8) is 0 Å². The first-order valence-corrected chi connectivity index (χ1v) is 7.22. The molecule has 2 atom stereocenters. The zero-order valence-electron chi connectivity index (χ0n) is 10.8. The average Bonchev–Trinajstić information content (AvgIpc) is 2.95. The van der Waals surface area contributed by atoms with Gasteiger partial charge in [-0.05, 0) is 32.7 Å². The van der Waals surface area contributed by atoms with Gasteiger partial charge in [-0.15, -0.1) is 10.2 Å². The van der Waals surface area contributed by atoms with Crippen LogP contribution in [0.3, 0.4) is 0 Å². The average molecular weight is 255 g/mol.